The first-order valence-corrected chi connectivity index (χ1v) is 7.90. The zero-order valence-corrected chi connectivity index (χ0v) is 14.4. The third-order valence-electron chi connectivity index (χ3n) is 3.83. The number of benzene rings is 1. The molecule has 0 spiro atoms. The van der Waals surface area contributed by atoms with Crippen molar-refractivity contribution in [2.75, 3.05) is 5.32 Å². The van der Waals surface area contributed by atoms with Crippen LogP contribution >= 0.6 is 0 Å². The molecule has 1 N–H and O–H groups in total. The molecule has 0 bridgehead atoms. The van der Waals surface area contributed by atoms with Gasteiger partial charge in [-0.05, 0) is 44.0 Å². The Labute approximate surface area is 144 Å². The number of carbonyl (C=O) groups is 1. The van der Waals surface area contributed by atoms with Crippen molar-refractivity contribution in [1.29, 1.82) is 0 Å². The molecule has 25 heavy (non-hydrogen) atoms. The predicted molar refractivity (Wildman–Crippen MR) is 94.9 cm³/mol. The minimum absolute atomic E-state index is 0.166. The van der Waals surface area contributed by atoms with Gasteiger partial charge in [-0.2, -0.15) is 5.10 Å². The molecule has 1 amide bonds. The van der Waals surface area contributed by atoms with Crippen molar-refractivity contribution >= 4 is 11.6 Å². The molecular formula is C18H19N5O2. The summed E-state index contributed by atoms with van der Waals surface area (Å²) in [4.78, 5) is 24.4. The molecule has 1 aromatic carbocycles. The molecule has 0 atom stereocenters. The van der Waals surface area contributed by atoms with Crippen LogP contribution in [0.5, 0.6) is 0 Å². The van der Waals surface area contributed by atoms with E-state index in [2.05, 4.69) is 15.5 Å². The van der Waals surface area contributed by atoms with Crippen LogP contribution < -0.4 is 10.9 Å². The van der Waals surface area contributed by atoms with Crippen molar-refractivity contribution in [3.8, 4) is 5.82 Å². The maximum absolute atomic E-state index is 12.4. The van der Waals surface area contributed by atoms with Crippen LogP contribution in [0.1, 0.15) is 16.7 Å². The molecule has 128 valence electrons. The fourth-order valence-corrected chi connectivity index (χ4v) is 2.77. The molecule has 3 rings (SSSR count). The summed E-state index contributed by atoms with van der Waals surface area (Å²) in [5.41, 5.74) is 3.53. The van der Waals surface area contributed by atoms with Gasteiger partial charge in [-0.1, -0.05) is 17.7 Å². The highest BCUT2D eigenvalue weighted by atomic mass is 16.2. The van der Waals surface area contributed by atoms with Gasteiger partial charge in [0.15, 0.2) is 5.82 Å². The lowest BCUT2D eigenvalue weighted by Gasteiger charge is -2.13. The number of aryl methyl sites for hydroxylation is 3. The smallest absolute Gasteiger partial charge is 0.267 e. The fraction of sp³-hybridized carbons (Fsp3) is 0.222. The van der Waals surface area contributed by atoms with E-state index in [-0.39, 0.29) is 18.0 Å². The van der Waals surface area contributed by atoms with Gasteiger partial charge in [-0.3, -0.25) is 9.59 Å². The van der Waals surface area contributed by atoms with E-state index < -0.39 is 0 Å². The molecule has 2 heterocycles. The minimum atomic E-state index is -0.344. The largest absolute Gasteiger partial charge is 0.324 e. The highest BCUT2D eigenvalue weighted by Gasteiger charge is 2.11. The maximum Gasteiger partial charge on any atom is 0.267 e. The van der Waals surface area contributed by atoms with E-state index in [1.807, 2.05) is 32.9 Å². The maximum atomic E-state index is 12.4. The minimum Gasteiger partial charge on any atom is -0.324 e. The first kappa shape index (κ1) is 16.6. The Balaban J connectivity index is 1.82. The van der Waals surface area contributed by atoms with Gasteiger partial charge in [-0.25, -0.2) is 9.36 Å². The van der Waals surface area contributed by atoms with Crippen molar-refractivity contribution < 1.29 is 4.79 Å². The standard InChI is InChI=1S/C18H19N5O2/c1-12-9-13(2)18(14(3)10-12)20-16(24)11-23-17(25)6-5-15(21-23)22-8-4-7-19-22/h4-10H,11H2,1-3H3,(H,20,24). The van der Waals surface area contributed by atoms with Gasteiger partial charge < -0.3 is 5.32 Å². The van der Waals surface area contributed by atoms with Crippen LogP contribution in [0.15, 0.2) is 47.5 Å². The summed E-state index contributed by atoms with van der Waals surface area (Å²) in [5.74, 6) is 0.169. The summed E-state index contributed by atoms with van der Waals surface area (Å²) in [6.07, 6.45) is 3.34. The normalized spacial score (nSPS) is 10.7. The van der Waals surface area contributed by atoms with Crippen LogP contribution in [0.3, 0.4) is 0 Å². The van der Waals surface area contributed by atoms with Gasteiger partial charge >= 0.3 is 0 Å². The molecule has 0 saturated heterocycles. The number of hydrogen-bond donors (Lipinski definition) is 1. The second-order valence-corrected chi connectivity index (χ2v) is 5.96. The van der Waals surface area contributed by atoms with Crippen LogP contribution in [-0.2, 0) is 11.3 Å². The van der Waals surface area contributed by atoms with Crippen LogP contribution in [0.4, 0.5) is 5.69 Å². The van der Waals surface area contributed by atoms with E-state index in [1.54, 1.807) is 24.5 Å². The number of nitrogens with zero attached hydrogens (tertiary/aromatic N) is 4. The average molecular weight is 337 g/mol. The highest BCUT2D eigenvalue weighted by molar-refractivity contribution is 5.92. The number of anilines is 1. The van der Waals surface area contributed by atoms with Gasteiger partial charge in [0.25, 0.3) is 5.56 Å². The van der Waals surface area contributed by atoms with Gasteiger partial charge in [0.2, 0.25) is 5.91 Å². The van der Waals surface area contributed by atoms with E-state index in [0.29, 0.717) is 5.82 Å². The first-order chi connectivity index (χ1) is 11.9. The molecule has 0 aliphatic rings. The summed E-state index contributed by atoms with van der Waals surface area (Å²) in [6.45, 7) is 5.73. The summed E-state index contributed by atoms with van der Waals surface area (Å²) in [7, 11) is 0. The van der Waals surface area contributed by atoms with Gasteiger partial charge in [0.05, 0.1) is 0 Å². The van der Waals surface area contributed by atoms with Crippen molar-refractivity contribution in [3.63, 3.8) is 0 Å². The van der Waals surface area contributed by atoms with Crippen molar-refractivity contribution in [2.24, 2.45) is 0 Å². The van der Waals surface area contributed by atoms with Crippen molar-refractivity contribution in [1.82, 2.24) is 19.6 Å². The highest BCUT2D eigenvalue weighted by Crippen LogP contribution is 2.21. The number of rotatable bonds is 4. The third-order valence-corrected chi connectivity index (χ3v) is 3.83. The number of amides is 1. The lowest BCUT2D eigenvalue weighted by molar-refractivity contribution is -0.117. The number of nitrogens with one attached hydrogen (secondary N) is 1. The van der Waals surface area contributed by atoms with Crippen LogP contribution in [0.2, 0.25) is 0 Å². The van der Waals surface area contributed by atoms with Crippen LogP contribution in [0, 0.1) is 20.8 Å². The predicted octanol–water partition coefficient (Wildman–Crippen LogP) is 1.99. The van der Waals surface area contributed by atoms with Gasteiger partial charge in [-0.15, -0.1) is 5.10 Å². The summed E-state index contributed by atoms with van der Waals surface area (Å²) >= 11 is 0. The van der Waals surface area contributed by atoms with E-state index in [0.717, 1.165) is 27.1 Å². The Morgan fingerprint density at radius 3 is 2.52 bits per heavy atom. The number of hydrogen-bond acceptors (Lipinski definition) is 4. The molecule has 0 saturated carbocycles. The molecule has 7 heteroatoms. The molecule has 0 aliphatic heterocycles. The second kappa shape index (κ2) is 6.72. The lowest BCUT2D eigenvalue weighted by Crippen LogP contribution is -2.30. The van der Waals surface area contributed by atoms with E-state index in [9.17, 15) is 9.59 Å². The Kier molecular flexibility index (Phi) is 4.47. The Morgan fingerprint density at radius 1 is 1.16 bits per heavy atom. The fourth-order valence-electron chi connectivity index (χ4n) is 2.77. The number of carbonyl (C=O) groups excluding carboxylic acids is 1. The van der Waals surface area contributed by atoms with E-state index in [4.69, 9.17) is 0 Å². The second-order valence-electron chi connectivity index (χ2n) is 5.96. The quantitative estimate of drug-likeness (QED) is 0.789. The SMILES string of the molecule is Cc1cc(C)c(NC(=O)Cn2nc(-n3cccn3)ccc2=O)c(C)c1. The molecule has 3 aromatic rings. The Hall–Kier alpha value is -3.22. The molecule has 7 nitrogen and oxygen atoms in total. The van der Waals surface area contributed by atoms with Crippen molar-refractivity contribution in [2.45, 2.75) is 27.3 Å². The van der Waals surface area contributed by atoms with Crippen molar-refractivity contribution in [3.05, 3.63) is 69.8 Å². The summed E-state index contributed by atoms with van der Waals surface area (Å²) in [5, 5.41) is 11.1. The van der Waals surface area contributed by atoms with Crippen LogP contribution in [-0.4, -0.2) is 25.5 Å². The Bertz CT molecular complexity index is 950. The summed E-state index contributed by atoms with van der Waals surface area (Å²) < 4.78 is 2.66. The number of aromatic nitrogens is 4. The Morgan fingerprint density at radius 2 is 1.88 bits per heavy atom. The van der Waals surface area contributed by atoms with E-state index >= 15 is 0 Å². The molecule has 0 unspecified atom stereocenters. The topological polar surface area (TPSA) is 81.8 Å². The zero-order valence-electron chi connectivity index (χ0n) is 14.4. The third kappa shape index (κ3) is 3.65. The molecular weight excluding hydrogens is 318 g/mol. The van der Waals surface area contributed by atoms with E-state index in [1.165, 1.54) is 10.7 Å². The average Bonchev–Trinajstić information content (AvgIpc) is 3.07. The molecule has 0 fully saturated rings. The van der Waals surface area contributed by atoms with Gasteiger partial charge in [0, 0.05) is 24.1 Å². The first-order valence-electron chi connectivity index (χ1n) is 7.90. The van der Waals surface area contributed by atoms with Gasteiger partial charge in [0.1, 0.15) is 6.54 Å². The van der Waals surface area contributed by atoms with Crippen LogP contribution in [0.25, 0.3) is 5.82 Å². The molecule has 0 aliphatic carbocycles. The monoisotopic (exact) mass is 337 g/mol. The molecule has 0 radical (unpaired) electrons. The molecule has 2 aromatic heterocycles. The lowest BCUT2D eigenvalue weighted by atomic mass is 10.1. The summed E-state index contributed by atoms with van der Waals surface area (Å²) in [6, 6.07) is 8.71. The zero-order chi connectivity index (χ0) is 18.0.